The van der Waals surface area contributed by atoms with E-state index in [4.69, 9.17) is 5.11 Å². The van der Waals surface area contributed by atoms with Gasteiger partial charge in [0.2, 0.25) is 0 Å². The van der Waals surface area contributed by atoms with Crippen molar-refractivity contribution in [3.63, 3.8) is 0 Å². The molecule has 0 saturated carbocycles. The molecule has 1 aromatic rings. The summed E-state index contributed by atoms with van der Waals surface area (Å²) in [7, 11) is 0. The van der Waals surface area contributed by atoms with Gasteiger partial charge in [0, 0.05) is 11.1 Å². The highest BCUT2D eigenvalue weighted by Crippen LogP contribution is 2.21. The Morgan fingerprint density at radius 3 is 2.57 bits per heavy atom. The Morgan fingerprint density at radius 1 is 1.29 bits per heavy atom. The summed E-state index contributed by atoms with van der Waals surface area (Å²) in [4.78, 5) is 0. The van der Waals surface area contributed by atoms with Gasteiger partial charge in [-0.1, -0.05) is 28.1 Å². The van der Waals surface area contributed by atoms with Gasteiger partial charge >= 0.3 is 0 Å². The Morgan fingerprint density at radius 2 is 2.00 bits per heavy atom. The minimum absolute atomic E-state index is 0.133. The maximum Gasteiger partial charge on any atom is 0.105 e. The summed E-state index contributed by atoms with van der Waals surface area (Å²) in [6, 6.07) is 7.10. The van der Waals surface area contributed by atoms with Crippen molar-refractivity contribution in [1.29, 1.82) is 0 Å². The summed E-state index contributed by atoms with van der Waals surface area (Å²) < 4.78 is 0.852. The molecule has 0 radical (unpaired) electrons. The second-order valence-corrected chi connectivity index (χ2v) is 4.00. The lowest BCUT2D eigenvalue weighted by atomic mass is 10.0. The summed E-state index contributed by atoms with van der Waals surface area (Å²) in [6.07, 6.45) is -1.69. The molecule has 3 N–H and O–H groups in total. The first-order valence-corrected chi connectivity index (χ1v) is 5.17. The highest BCUT2D eigenvalue weighted by molar-refractivity contribution is 9.10. The van der Waals surface area contributed by atoms with E-state index in [0.29, 0.717) is 5.56 Å². The van der Waals surface area contributed by atoms with Gasteiger partial charge in [-0.2, -0.15) is 0 Å². The first-order valence-electron chi connectivity index (χ1n) is 4.37. The van der Waals surface area contributed by atoms with E-state index in [1.165, 1.54) is 0 Å². The third-order valence-electron chi connectivity index (χ3n) is 1.98. The molecule has 0 aliphatic rings. The van der Waals surface area contributed by atoms with Crippen molar-refractivity contribution in [2.45, 2.75) is 18.6 Å². The molecule has 0 aliphatic heterocycles. The van der Waals surface area contributed by atoms with Crippen LogP contribution in [0.5, 0.6) is 0 Å². The number of hydrogen-bond acceptors (Lipinski definition) is 3. The third-order valence-corrected chi connectivity index (χ3v) is 2.47. The Balaban J connectivity index is 2.73. The van der Waals surface area contributed by atoms with Gasteiger partial charge < -0.3 is 15.3 Å². The number of aliphatic hydroxyl groups excluding tert-OH is 3. The smallest absolute Gasteiger partial charge is 0.105 e. The predicted molar refractivity (Wildman–Crippen MR) is 56.8 cm³/mol. The first-order chi connectivity index (χ1) is 6.65. The number of halogens is 1. The average Bonchev–Trinajstić information content (AvgIpc) is 2.17. The van der Waals surface area contributed by atoms with Gasteiger partial charge in [0.25, 0.3) is 0 Å². The lowest BCUT2D eigenvalue weighted by Gasteiger charge is -2.17. The summed E-state index contributed by atoms with van der Waals surface area (Å²) in [6.45, 7) is -0.133. The molecule has 1 rings (SSSR count). The summed E-state index contributed by atoms with van der Waals surface area (Å²) in [5.41, 5.74) is 0.639. The van der Waals surface area contributed by atoms with Crippen LogP contribution >= 0.6 is 15.9 Å². The van der Waals surface area contributed by atoms with Crippen molar-refractivity contribution in [1.82, 2.24) is 0 Å². The molecule has 2 atom stereocenters. The molecule has 0 bridgehead atoms. The molecule has 4 heteroatoms. The second kappa shape index (κ2) is 5.46. The second-order valence-electron chi connectivity index (χ2n) is 3.08. The van der Waals surface area contributed by atoms with Crippen LogP contribution in [0.25, 0.3) is 0 Å². The number of rotatable bonds is 4. The zero-order valence-electron chi connectivity index (χ0n) is 7.60. The van der Waals surface area contributed by atoms with Crippen molar-refractivity contribution >= 4 is 15.9 Å². The van der Waals surface area contributed by atoms with Gasteiger partial charge in [0.05, 0.1) is 6.10 Å². The Labute approximate surface area is 91.1 Å². The van der Waals surface area contributed by atoms with Gasteiger partial charge in [-0.15, -0.1) is 0 Å². The van der Waals surface area contributed by atoms with Crippen LogP contribution in [0.2, 0.25) is 0 Å². The molecule has 0 heterocycles. The van der Waals surface area contributed by atoms with Gasteiger partial charge in [-0.25, -0.2) is 0 Å². The minimum atomic E-state index is -0.945. The zero-order valence-corrected chi connectivity index (χ0v) is 9.18. The van der Waals surface area contributed by atoms with Gasteiger partial charge in [-0.05, 0) is 24.1 Å². The third kappa shape index (κ3) is 3.06. The van der Waals surface area contributed by atoms with Crippen molar-refractivity contribution in [2.24, 2.45) is 0 Å². The average molecular weight is 261 g/mol. The fraction of sp³-hybridized carbons (Fsp3) is 0.400. The van der Waals surface area contributed by atoms with E-state index in [9.17, 15) is 10.2 Å². The molecule has 0 amide bonds. The van der Waals surface area contributed by atoms with Crippen molar-refractivity contribution in [2.75, 3.05) is 6.61 Å². The van der Waals surface area contributed by atoms with Crippen molar-refractivity contribution in [3.05, 3.63) is 34.3 Å². The highest BCUT2D eigenvalue weighted by atomic mass is 79.9. The van der Waals surface area contributed by atoms with E-state index >= 15 is 0 Å². The monoisotopic (exact) mass is 260 g/mol. The quantitative estimate of drug-likeness (QED) is 0.763. The van der Waals surface area contributed by atoms with Gasteiger partial charge in [-0.3, -0.25) is 0 Å². The highest BCUT2D eigenvalue weighted by Gasteiger charge is 2.17. The maximum atomic E-state index is 9.66. The topological polar surface area (TPSA) is 60.7 Å². The fourth-order valence-electron chi connectivity index (χ4n) is 1.20. The molecular weight excluding hydrogens is 248 g/mol. The van der Waals surface area contributed by atoms with E-state index in [-0.39, 0.29) is 13.0 Å². The van der Waals surface area contributed by atoms with Gasteiger partial charge in [0.15, 0.2) is 0 Å². The van der Waals surface area contributed by atoms with Crippen LogP contribution in [0.3, 0.4) is 0 Å². The number of benzene rings is 1. The molecule has 78 valence electrons. The molecule has 0 aliphatic carbocycles. The van der Waals surface area contributed by atoms with E-state index < -0.39 is 12.2 Å². The van der Waals surface area contributed by atoms with Crippen LogP contribution in [-0.4, -0.2) is 28.0 Å². The molecule has 1 aromatic carbocycles. The van der Waals surface area contributed by atoms with Crippen LogP contribution in [0.4, 0.5) is 0 Å². The summed E-state index contributed by atoms with van der Waals surface area (Å²) >= 11 is 3.28. The van der Waals surface area contributed by atoms with E-state index in [1.54, 1.807) is 18.2 Å². The standard InChI is InChI=1S/C10H13BrO3/c11-8-3-1-2-7(6-8)10(14)9(13)4-5-12/h1-3,6,9-10,12-14H,4-5H2. The molecule has 0 aromatic heterocycles. The molecule has 2 unspecified atom stereocenters. The lowest BCUT2D eigenvalue weighted by Crippen LogP contribution is -2.19. The fourth-order valence-corrected chi connectivity index (χ4v) is 1.62. The van der Waals surface area contributed by atoms with Gasteiger partial charge in [0.1, 0.15) is 6.10 Å². The summed E-state index contributed by atoms with van der Waals surface area (Å²) in [5.74, 6) is 0. The molecule has 0 fully saturated rings. The lowest BCUT2D eigenvalue weighted by molar-refractivity contribution is 0.00419. The van der Waals surface area contributed by atoms with Crippen LogP contribution < -0.4 is 0 Å². The zero-order chi connectivity index (χ0) is 10.6. The van der Waals surface area contributed by atoms with Crippen LogP contribution in [0.1, 0.15) is 18.1 Å². The van der Waals surface area contributed by atoms with Crippen LogP contribution in [0.15, 0.2) is 28.7 Å². The van der Waals surface area contributed by atoms with E-state index in [0.717, 1.165) is 4.47 Å². The molecule has 3 nitrogen and oxygen atoms in total. The van der Waals surface area contributed by atoms with Crippen LogP contribution in [0, 0.1) is 0 Å². The molecule has 0 spiro atoms. The normalized spacial score (nSPS) is 15.1. The summed E-state index contributed by atoms with van der Waals surface area (Å²) in [5, 5.41) is 27.7. The maximum absolute atomic E-state index is 9.66. The molecular formula is C10H13BrO3. The number of aliphatic hydroxyl groups is 3. The first kappa shape index (κ1) is 11.7. The van der Waals surface area contributed by atoms with Crippen LogP contribution in [-0.2, 0) is 0 Å². The molecule has 14 heavy (non-hydrogen) atoms. The predicted octanol–water partition coefficient (Wildman–Crippen LogP) is 1.23. The minimum Gasteiger partial charge on any atom is -0.396 e. The molecule has 0 saturated heterocycles. The number of hydrogen-bond donors (Lipinski definition) is 3. The van der Waals surface area contributed by atoms with Crippen molar-refractivity contribution in [3.8, 4) is 0 Å². The largest absolute Gasteiger partial charge is 0.396 e. The Kier molecular flexibility index (Phi) is 4.54. The Hall–Kier alpha value is -0.420. The van der Waals surface area contributed by atoms with Crippen molar-refractivity contribution < 1.29 is 15.3 Å². The Bertz CT molecular complexity index is 290. The SMILES string of the molecule is OCCC(O)C(O)c1cccc(Br)c1. The van der Waals surface area contributed by atoms with E-state index in [2.05, 4.69) is 15.9 Å². The van der Waals surface area contributed by atoms with E-state index in [1.807, 2.05) is 6.07 Å².